The van der Waals surface area contributed by atoms with Gasteiger partial charge in [-0.3, -0.25) is 4.98 Å². The van der Waals surface area contributed by atoms with Crippen molar-refractivity contribution < 1.29 is 14.3 Å². The van der Waals surface area contributed by atoms with Crippen molar-refractivity contribution in [3.63, 3.8) is 0 Å². The second kappa shape index (κ2) is 8.32. The number of pyridine rings is 1. The lowest BCUT2D eigenvalue weighted by Gasteiger charge is -2.11. The van der Waals surface area contributed by atoms with Crippen molar-refractivity contribution in [3.8, 4) is 11.5 Å². The Balaban J connectivity index is 1.78. The lowest BCUT2D eigenvalue weighted by Crippen LogP contribution is -2.09. The number of esters is 1. The normalized spacial score (nSPS) is 10.8. The first-order valence-electron chi connectivity index (χ1n) is 8.63. The standard InChI is InChI=1S/C23H21NO3/c1-16-7-10-19(14-17(16)2)23(25)27-21-12-9-18(15-22(21)26-3)8-11-20-6-4-5-13-24-20/h4-15H,1-3H3/b11-8+. The summed E-state index contributed by atoms with van der Waals surface area (Å²) in [5.41, 5.74) is 4.48. The van der Waals surface area contributed by atoms with E-state index in [-0.39, 0.29) is 0 Å². The average molecular weight is 359 g/mol. The summed E-state index contributed by atoms with van der Waals surface area (Å²) in [5.74, 6) is 0.472. The largest absolute Gasteiger partial charge is 0.493 e. The van der Waals surface area contributed by atoms with Crippen LogP contribution >= 0.6 is 0 Å². The predicted octanol–water partition coefficient (Wildman–Crippen LogP) is 5.10. The molecular weight excluding hydrogens is 338 g/mol. The van der Waals surface area contributed by atoms with E-state index < -0.39 is 5.97 Å². The highest BCUT2D eigenvalue weighted by atomic mass is 16.6. The number of hydrogen-bond donors (Lipinski definition) is 0. The zero-order valence-corrected chi connectivity index (χ0v) is 15.6. The number of rotatable bonds is 5. The number of aromatic nitrogens is 1. The molecule has 0 aliphatic rings. The van der Waals surface area contributed by atoms with Crippen LogP contribution in [0, 0.1) is 13.8 Å². The Hall–Kier alpha value is -3.40. The molecule has 4 heteroatoms. The van der Waals surface area contributed by atoms with Gasteiger partial charge in [0.05, 0.1) is 18.4 Å². The molecule has 0 bridgehead atoms. The van der Waals surface area contributed by atoms with Crippen LogP contribution in [0.15, 0.2) is 60.8 Å². The van der Waals surface area contributed by atoms with Gasteiger partial charge < -0.3 is 9.47 Å². The van der Waals surface area contributed by atoms with Crippen LogP contribution in [0.25, 0.3) is 12.2 Å². The Kier molecular flexibility index (Phi) is 5.67. The average Bonchev–Trinajstić information content (AvgIpc) is 2.70. The number of methoxy groups -OCH3 is 1. The summed E-state index contributed by atoms with van der Waals surface area (Å²) in [6.07, 6.45) is 5.59. The minimum atomic E-state index is -0.409. The Labute approximate surface area is 159 Å². The number of carbonyl (C=O) groups is 1. The van der Waals surface area contributed by atoms with Gasteiger partial charge in [0.1, 0.15) is 0 Å². The van der Waals surface area contributed by atoms with Crippen molar-refractivity contribution in [2.75, 3.05) is 7.11 Å². The monoisotopic (exact) mass is 359 g/mol. The Morgan fingerprint density at radius 2 is 1.78 bits per heavy atom. The molecule has 0 saturated heterocycles. The molecular formula is C23H21NO3. The van der Waals surface area contributed by atoms with E-state index in [9.17, 15) is 4.79 Å². The third-order valence-electron chi connectivity index (χ3n) is 4.27. The summed E-state index contributed by atoms with van der Waals surface area (Å²) in [4.78, 5) is 16.7. The number of nitrogens with zero attached hydrogens (tertiary/aromatic N) is 1. The molecule has 1 heterocycles. The van der Waals surface area contributed by atoms with Gasteiger partial charge >= 0.3 is 5.97 Å². The number of ether oxygens (including phenoxy) is 2. The van der Waals surface area contributed by atoms with Crippen molar-refractivity contribution in [2.45, 2.75) is 13.8 Å². The zero-order valence-electron chi connectivity index (χ0n) is 15.6. The number of hydrogen-bond acceptors (Lipinski definition) is 4. The molecule has 0 unspecified atom stereocenters. The molecule has 0 amide bonds. The molecule has 0 spiro atoms. The lowest BCUT2D eigenvalue weighted by atomic mass is 10.1. The first-order valence-corrected chi connectivity index (χ1v) is 8.63. The van der Waals surface area contributed by atoms with Gasteiger partial charge in [0.25, 0.3) is 0 Å². The van der Waals surface area contributed by atoms with Crippen LogP contribution in [0.1, 0.15) is 32.7 Å². The summed E-state index contributed by atoms with van der Waals surface area (Å²) in [6.45, 7) is 3.97. The lowest BCUT2D eigenvalue weighted by molar-refractivity contribution is 0.0729. The van der Waals surface area contributed by atoms with Gasteiger partial charge in [-0.05, 0) is 73.0 Å². The molecule has 4 nitrogen and oxygen atoms in total. The fraction of sp³-hybridized carbons (Fsp3) is 0.130. The summed E-state index contributed by atoms with van der Waals surface area (Å²) in [6, 6.07) is 16.7. The van der Waals surface area contributed by atoms with Crippen molar-refractivity contribution in [1.82, 2.24) is 4.98 Å². The van der Waals surface area contributed by atoms with E-state index in [2.05, 4.69) is 4.98 Å². The van der Waals surface area contributed by atoms with E-state index in [0.717, 1.165) is 22.4 Å². The van der Waals surface area contributed by atoms with Crippen LogP contribution in [-0.4, -0.2) is 18.1 Å². The van der Waals surface area contributed by atoms with E-state index in [4.69, 9.17) is 9.47 Å². The van der Waals surface area contributed by atoms with Gasteiger partial charge in [0.2, 0.25) is 0 Å². The molecule has 0 aliphatic carbocycles. The van der Waals surface area contributed by atoms with Gasteiger partial charge in [-0.25, -0.2) is 4.79 Å². The van der Waals surface area contributed by atoms with Crippen molar-refractivity contribution >= 4 is 18.1 Å². The van der Waals surface area contributed by atoms with Crippen LogP contribution in [0.2, 0.25) is 0 Å². The first-order chi connectivity index (χ1) is 13.1. The summed E-state index contributed by atoms with van der Waals surface area (Å²) in [5, 5.41) is 0. The van der Waals surface area contributed by atoms with Gasteiger partial charge in [0, 0.05) is 6.20 Å². The van der Waals surface area contributed by atoms with Crippen molar-refractivity contribution in [3.05, 3.63) is 88.7 Å². The smallest absolute Gasteiger partial charge is 0.343 e. The van der Waals surface area contributed by atoms with E-state index in [1.54, 1.807) is 25.4 Å². The molecule has 1 aromatic heterocycles. The fourth-order valence-corrected chi connectivity index (χ4v) is 2.56. The zero-order chi connectivity index (χ0) is 19.2. The highest BCUT2D eigenvalue weighted by Crippen LogP contribution is 2.29. The maximum Gasteiger partial charge on any atom is 0.343 e. The minimum absolute atomic E-state index is 0.385. The summed E-state index contributed by atoms with van der Waals surface area (Å²) < 4.78 is 10.9. The van der Waals surface area contributed by atoms with Crippen LogP contribution in [0.3, 0.4) is 0 Å². The van der Waals surface area contributed by atoms with Gasteiger partial charge in [-0.15, -0.1) is 0 Å². The third kappa shape index (κ3) is 4.61. The molecule has 3 rings (SSSR count). The fourth-order valence-electron chi connectivity index (χ4n) is 2.56. The second-order valence-electron chi connectivity index (χ2n) is 6.19. The molecule has 3 aromatic rings. The molecule has 0 aliphatic heterocycles. The quantitative estimate of drug-likeness (QED) is 0.470. The third-order valence-corrected chi connectivity index (χ3v) is 4.27. The Bertz CT molecular complexity index is 978. The van der Waals surface area contributed by atoms with Gasteiger partial charge in [-0.1, -0.05) is 24.3 Å². The highest BCUT2D eigenvalue weighted by Gasteiger charge is 2.13. The van der Waals surface area contributed by atoms with Gasteiger partial charge in [0.15, 0.2) is 11.5 Å². The number of aryl methyl sites for hydroxylation is 2. The van der Waals surface area contributed by atoms with E-state index in [0.29, 0.717) is 17.1 Å². The first kappa shape index (κ1) is 18.4. The van der Waals surface area contributed by atoms with Crippen LogP contribution < -0.4 is 9.47 Å². The maximum atomic E-state index is 12.4. The molecule has 0 fully saturated rings. The summed E-state index contributed by atoms with van der Waals surface area (Å²) >= 11 is 0. The Morgan fingerprint density at radius 1 is 0.926 bits per heavy atom. The topological polar surface area (TPSA) is 48.4 Å². The van der Waals surface area contributed by atoms with Gasteiger partial charge in [-0.2, -0.15) is 0 Å². The molecule has 0 atom stereocenters. The predicted molar refractivity (Wildman–Crippen MR) is 107 cm³/mol. The number of benzene rings is 2. The van der Waals surface area contributed by atoms with E-state index in [1.165, 1.54) is 0 Å². The van der Waals surface area contributed by atoms with Crippen LogP contribution in [-0.2, 0) is 0 Å². The molecule has 0 N–H and O–H groups in total. The summed E-state index contributed by atoms with van der Waals surface area (Å²) in [7, 11) is 1.55. The second-order valence-corrected chi connectivity index (χ2v) is 6.19. The maximum absolute atomic E-state index is 12.4. The van der Waals surface area contributed by atoms with Crippen molar-refractivity contribution in [1.29, 1.82) is 0 Å². The highest BCUT2D eigenvalue weighted by molar-refractivity contribution is 5.91. The van der Waals surface area contributed by atoms with E-state index >= 15 is 0 Å². The molecule has 27 heavy (non-hydrogen) atoms. The number of carbonyl (C=O) groups excluding carboxylic acids is 1. The SMILES string of the molecule is COc1cc(/C=C/c2ccccn2)ccc1OC(=O)c1ccc(C)c(C)c1. The van der Waals surface area contributed by atoms with E-state index in [1.807, 2.05) is 68.5 Å². The Morgan fingerprint density at radius 3 is 2.48 bits per heavy atom. The molecule has 0 saturated carbocycles. The molecule has 0 radical (unpaired) electrons. The minimum Gasteiger partial charge on any atom is -0.493 e. The molecule has 2 aromatic carbocycles. The van der Waals surface area contributed by atoms with Crippen LogP contribution in [0.5, 0.6) is 11.5 Å². The van der Waals surface area contributed by atoms with Crippen LogP contribution in [0.4, 0.5) is 0 Å². The molecule has 136 valence electrons. The van der Waals surface area contributed by atoms with Crippen molar-refractivity contribution in [2.24, 2.45) is 0 Å².